The van der Waals surface area contributed by atoms with Crippen molar-refractivity contribution in [2.24, 2.45) is 0 Å². The summed E-state index contributed by atoms with van der Waals surface area (Å²) in [5.41, 5.74) is 16.1. The van der Waals surface area contributed by atoms with Crippen LogP contribution in [0.15, 0.2) is 54.7 Å². The maximum Gasteiger partial charge on any atom is 0.162 e. The second kappa shape index (κ2) is 8.24. The van der Waals surface area contributed by atoms with E-state index in [0.29, 0.717) is 47.2 Å². The van der Waals surface area contributed by atoms with Crippen LogP contribution in [-0.2, 0) is 6.61 Å². The van der Waals surface area contributed by atoms with E-state index in [1.165, 1.54) is 0 Å². The van der Waals surface area contributed by atoms with Crippen LogP contribution in [0.25, 0.3) is 22.3 Å². The van der Waals surface area contributed by atoms with Crippen LogP contribution in [0, 0.1) is 6.92 Å². The highest BCUT2D eigenvalue weighted by Gasteiger charge is 2.12. The molecule has 0 aliphatic heterocycles. The summed E-state index contributed by atoms with van der Waals surface area (Å²) in [5.74, 6) is 2.28. The highest BCUT2D eigenvalue weighted by Crippen LogP contribution is 2.32. The fraction of sp³-hybridized carbons (Fsp3) is 0.174. The van der Waals surface area contributed by atoms with Crippen molar-refractivity contribution in [3.63, 3.8) is 0 Å². The number of pyridine rings is 1. The van der Waals surface area contributed by atoms with Crippen LogP contribution < -0.4 is 20.9 Å². The van der Waals surface area contributed by atoms with E-state index in [0.717, 1.165) is 22.6 Å². The molecule has 0 atom stereocenters. The first kappa shape index (κ1) is 19.4. The van der Waals surface area contributed by atoms with Gasteiger partial charge in [0.1, 0.15) is 23.9 Å². The quantitative estimate of drug-likeness (QED) is 0.467. The van der Waals surface area contributed by atoms with Gasteiger partial charge >= 0.3 is 0 Å². The monoisotopic (exact) mass is 401 g/mol. The maximum absolute atomic E-state index is 6.19. The summed E-state index contributed by atoms with van der Waals surface area (Å²) in [6.45, 7) is 4.81. The number of fused-ring (bicyclic) bond motifs is 1. The number of aryl methyl sites for hydroxylation is 1. The Morgan fingerprint density at radius 3 is 2.53 bits per heavy atom. The van der Waals surface area contributed by atoms with Gasteiger partial charge in [0.15, 0.2) is 5.82 Å². The predicted octanol–water partition coefficient (Wildman–Crippen LogP) is 4.14. The SMILES string of the molecule is CCOc1cc2nc(-c3ccc(OCc4ccccn4)c(C)c3)nc(N)c2cc1N. The lowest BCUT2D eigenvalue weighted by molar-refractivity contribution is 0.299. The Balaban J connectivity index is 1.64. The third kappa shape index (κ3) is 3.96. The lowest BCUT2D eigenvalue weighted by Gasteiger charge is -2.12. The van der Waals surface area contributed by atoms with Gasteiger partial charge in [-0.05, 0) is 55.8 Å². The summed E-state index contributed by atoms with van der Waals surface area (Å²) in [4.78, 5) is 13.4. The first-order chi connectivity index (χ1) is 14.5. The number of nitrogens with two attached hydrogens (primary N) is 2. The standard InChI is InChI=1S/C23H23N5O2/c1-3-29-21-12-19-17(11-18(21)24)22(25)28-23(27-19)15-7-8-20(14(2)10-15)30-13-16-6-4-5-9-26-16/h4-12H,3,13,24H2,1-2H3,(H2,25,27,28). The Hall–Kier alpha value is -3.87. The van der Waals surface area contributed by atoms with Gasteiger partial charge in [0.25, 0.3) is 0 Å². The molecular weight excluding hydrogens is 378 g/mol. The third-order valence-corrected chi connectivity index (χ3v) is 4.69. The number of rotatable bonds is 6. The van der Waals surface area contributed by atoms with Crippen molar-refractivity contribution in [1.82, 2.24) is 15.0 Å². The van der Waals surface area contributed by atoms with Gasteiger partial charge in [0.2, 0.25) is 0 Å². The normalized spacial score (nSPS) is 10.9. The van der Waals surface area contributed by atoms with E-state index >= 15 is 0 Å². The summed E-state index contributed by atoms with van der Waals surface area (Å²) in [7, 11) is 0. The predicted molar refractivity (Wildman–Crippen MR) is 118 cm³/mol. The molecule has 30 heavy (non-hydrogen) atoms. The Bertz CT molecular complexity index is 1200. The molecule has 0 radical (unpaired) electrons. The van der Waals surface area contributed by atoms with Gasteiger partial charge in [-0.2, -0.15) is 0 Å². The molecule has 0 saturated carbocycles. The largest absolute Gasteiger partial charge is 0.492 e. The first-order valence-corrected chi connectivity index (χ1v) is 9.68. The van der Waals surface area contributed by atoms with Crippen molar-refractivity contribution in [3.05, 3.63) is 66.0 Å². The van der Waals surface area contributed by atoms with E-state index in [4.69, 9.17) is 20.9 Å². The lowest BCUT2D eigenvalue weighted by Crippen LogP contribution is -2.02. The number of aromatic nitrogens is 3. The molecule has 0 unspecified atom stereocenters. The van der Waals surface area contributed by atoms with Gasteiger partial charge in [-0.25, -0.2) is 9.97 Å². The van der Waals surface area contributed by atoms with Gasteiger partial charge in [-0.1, -0.05) is 6.07 Å². The highest BCUT2D eigenvalue weighted by atomic mass is 16.5. The van der Waals surface area contributed by atoms with Crippen LogP contribution >= 0.6 is 0 Å². The molecule has 4 aromatic rings. The Morgan fingerprint density at radius 1 is 0.933 bits per heavy atom. The van der Waals surface area contributed by atoms with E-state index < -0.39 is 0 Å². The van der Waals surface area contributed by atoms with Crippen molar-refractivity contribution in [1.29, 1.82) is 0 Å². The zero-order chi connectivity index (χ0) is 21.1. The fourth-order valence-electron chi connectivity index (χ4n) is 3.19. The summed E-state index contributed by atoms with van der Waals surface area (Å²) < 4.78 is 11.5. The summed E-state index contributed by atoms with van der Waals surface area (Å²) in [6.07, 6.45) is 1.75. The molecule has 2 heterocycles. The minimum atomic E-state index is 0.373. The number of hydrogen-bond acceptors (Lipinski definition) is 7. The number of nitrogen functional groups attached to an aromatic ring is 2. The Kier molecular flexibility index (Phi) is 5.34. The van der Waals surface area contributed by atoms with Crippen LogP contribution in [0.4, 0.5) is 11.5 Å². The van der Waals surface area contributed by atoms with E-state index in [1.807, 2.05) is 50.2 Å². The van der Waals surface area contributed by atoms with E-state index in [1.54, 1.807) is 18.3 Å². The molecule has 0 fully saturated rings. The van der Waals surface area contributed by atoms with Gasteiger partial charge in [-0.15, -0.1) is 0 Å². The molecule has 7 nitrogen and oxygen atoms in total. The Morgan fingerprint density at radius 2 is 1.80 bits per heavy atom. The summed E-state index contributed by atoms with van der Waals surface area (Å²) in [5, 5.41) is 0.701. The van der Waals surface area contributed by atoms with Crippen LogP contribution in [-0.4, -0.2) is 21.6 Å². The molecule has 7 heteroatoms. The zero-order valence-corrected chi connectivity index (χ0v) is 16.9. The lowest BCUT2D eigenvalue weighted by atomic mass is 10.1. The molecule has 2 aromatic carbocycles. The minimum Gasteiger partial charge on any atom is -0.492 e. The molecular formula is C23H23N5O2. The smallest absolute Gasteiger partial charge is 0.162 e. The van der Waals surface area contributed by atoms with Crippen LogP contribution in [0.2, 0.25) is 0 Å². The van der Waals surface area contributed by atoms with E-state index in [2.05, 4.69) is 15.0 Å². The number of anilines is 2. The molecule has 4 N–H and O–H groups in total. The molecule has 0 aliphatic carbocycles. The number of nitrogens with zero attached hydrogens (tertiary/aromatic N) is 3. The first-order valence-electron chi connectivity index (χ1n) is 9.68. The molecule has 2 aromatic heterocycles. The Labute approximate surface area is 174 Å². The molecule has 4 rings (SSSR count). The molecule has 0 spiro atoms. The van der Waals surface area contributed by atoms with Gasteiger partial charge in [-0.3, -0.25) is 4.98 Å². The van der Waals surface area contributed by atoms with Crippen molar-refractivity contribution < 1.29 is 9.47 Å². The van der Waals surface area contributed by atoms with Crippen LogP contribution in [0.3, 0.4) is 0 Å². The number of hydrogen-bond donors (Lipinski definition) is 2. The number of ether oxygens (including phenoxy) is 2. The topological polar surface area (TPSA) is 109 Å². The third-order valence-electron chi connectivity index (χ3n) is 4.69. The highest BCUT2D eigenvalue weighted by molar-refractivity contribution is 5.93. The van der Waals surface area contributed by atoms with Crippen molar-refractivity contribution in [3.8, 4) is 22.9 Å². The van der Waals surface area contributed by atoms with E-state index in [-0.39, 0.29) is 0 Å². The second-order valence-corrected chi connectivity index (χ2v) is 6.86. The van der Waals surface area contributed by atoms with Crippen LogP contribution in [0.5, 0.6) is 11.5 Å². The minimum absolute atomic E-state index is 0.373. The van der Waals surface area contributed by atoms with Crippen molar-refractivity contribution in [2.45, 2.75) is 20.5 Å². The van der Waals surface area contributed by atoms with Crippen molar-refractivity contribution >= 4 is 22.4 Å². The van der Waals surface area contributed by atoms with Gasteiger partial charge in [0, 0.05) is 23.2 Å². The summed E-state index contributed by atoms with van der Waals surface area (Å²) >= 11 is 0. The molecule has 0 saturated heterocycles. The van der Waals surface area contributed by atoms with Crippen LogP contribution in [0.1, 0.15) is 18.2 Å². The zero-order valence-electron chi connectivity index (χ0n) is 16.9. The average molecular weight is 401 g/mol. The van der Waals surface area contributed by atoms with Gasteiger partial charge < -0.3 is 20.9 Å². The average Bonchev–Trinajstić information content (AvgIpc) is 2.75. The number of benzene rings is 2. The second-order valence-electron chi connectivity index (χ2n) is 6.86. The molecule has 152 valence electrons. The molecule has 0 aliphatic rings. The van der Waals surface area contributed by atoms with Gasteiger partial charge in [0.05, 0.1) is 23.5 Å². The van der Waals surface area contributed by atoms with Crippen molar-refractivity contribution in [2.75, 3.05) is 18.1 Å². The molecule has 0 bridgehead atoms. The molecule has 0 amide bonds. The van der Waals surface area contributed by atoms with E-state index in [9.17, 15) is 0 Å². The maximum atomic E-state index is 6.19. The fourth-order valence-corrected chi connectivity index (χ4v) is 3.19. The summed E-state index contributed by atoms with van der Waals surface area (Å²) in [6, 6.07) is 15.1.